The number of hydrogen-bond donors (Lipinski definition) is 2. The van der Waals surface area contributed by atoms with Crippen LogP contribution in [0.1, 0.15) is 53.1 Å². The van der Waals surface area contributed by atoms with Crippen LogP contribution in [0.5, 0.6) is 11.5 Å². The summed E-state index contributed by atoms with van der Waals surface area (Å²) in [6.07, 6.45) is 5.60. The molecule has 3 aliphatic heterocycles. The van der Waals surface area contributed by atoms with Crippen molar-refractivity contribution in [1.82, 2.24) is 20.2 Å². The molecule has 1 unspecified atom stereocenters. The molecular formula is C36H38N6O6. The predicted octanol–water partition coefficient (Wildman–Crippen LogP) is 3.82. The molecule has 7 rings (SSSR count). The van der Waals surface area contributed by atoms with E-state index in [9.17, 15) is 19.2 Å². The van der Waals surface area contributed by atoms with Crippen molar-refractivity contribution < 1.29 is 23.9 Å². The molecule has 0 radical (unpaired) electrons. The first-order valence-electron chi connectivity index (χ1n) is 16.1. The van der Waals surface area contributed by atoms with Gasteiger partial charge in [-0.3, -0.25) is 24.5 Å². The highest BCUT2D eigenvalue weighted by atomic mass is 16.5. The van der Waals surface area contributed by atoms with Gasteiger partial charge in [-0.25, -0.2) is 4.98 Å². The second-order valence-electron chi connectivity index (χ2n) is 12.8. The molecular weight excluding hydrogens is 612 g/mol. The fourth-order valence-electron chi connectivity index (χ4n) is 7.29. The Bertz CT molecular complexity index is 1990. The number of anilines is 2. The van der Waals surface area contributed by atoms with Gasteiger partial charge in [0.15, 0.2) is 0 Å². The maximum absolute atomic E-state index is 13.4. The summed E-state index contributed by atoms with van der Waals surface area (Å²) >= 11 is 0. The number of piperidine rings is 2. The van der Waals surface area contributed by atoms with Gasteiger partial charge in [0.1, 0.15) is 23.4 Å². The number of hydrogen-bond acceptors (Lipinski definition) is 9. The highest BCUT2D eigenvalue weighted by Crippen LogP contribution is 2.45. The normalized spacial score (nSPS) is 18.2. The van der Waals surface area contributed by atoms with Crippen LogP contribution in [0.4, 0.5) is 11.5 Å². The number of benzene rings is 2. The van der Waals surface area contributed by atoms with Gasteiger partial charge >= 0.3 is 0 Å². The van der Waals surface area contributed by atoms with Crippen molar-refractivity contribution in [3.63, 3.8) is 0 Å². The van der Waals surface area contributed by atoms with Gasteiger partial charge in [-0.05, 0) is 66.6 Å². The number of imide groups is 1. The fourth-order valence-corrected chi connectivity index (χ4v) is 7.29. The molecule has 12 heteroatoms. The summed E-state index contributed by atoms with van der Waals surface area (Å²) in [4.78, 5) is 63.2. The first-order valence-corrected chi connectivity index (χ1v) is 16.1. The van der Waals surface area contributed by atoms with Crippen LogP contribution in [0.3, 0.4) is 0 Å². The van der Waals surface area contributed by atoms with Crippen LogP contribution < -0.4 is 30.1 Å². The Kier molecular flexibility index (Phi) is 8.02. The van der Waals surface area contributed by atoms with Crippen molar-refractivity contribution in [3.8, 4) is 22.6 Å². The summed E-state index contributed by atoms with van der Waals surface area (Å²) in [6, 6.07) is 11.3. The summed E-state index contributed by atoms with van der Waals surface area (Å²) in [5.41, 5.74) is 4.98. The van der Waals surface area contributed by atoms with Gasteiger partial charge in [0, 0.05) is 80.3 Å². The Morgan fingerprint density at radius 3 is 2.29 bits per heavy atom. The van der Waals surface area contributed by atoms with E-state index < -0.39 is 11.9 Å². The Labute approximate surface area is 277 Å². The molecule has 5 heterocycles. The zero-order valence-corrected chi connectivity index (χ0v) is 27.5. The van der Waals surface area contributed by atoms with Crippen LogP contribution in [-0.2, 0) is 16.1 Å². The minimum Gasteiger partial charge on any atom is -0.496 e. The number of aromatic nitrogens is 2. The van der Waals surface area contributed by atoms with Crippen LogP contribution in [0, 0.1) is 0 Å². The second-order valence-corrected chi connectivity index (χ2v) is 12.8. The molecule has 12 nitrogen and oxygen atoms in total. The summed E-state index contributed by atoms with van der Waals surface area (Å²) in [5, 5.41) is 3.65. The monoisotopic (exact) mass is 650 g/mol. The molecule has 2 N–H and O–H groups in total. The Morgan fingerprint density at radius 2 is 1.62 bits per heavy atom. The average molecular weight is 651 g/mol. The van der Waals surface area contributed by atoms with Crippen molar-refractivity contribution in [2.24, 2.45) is 0 Å². The van der Waals surface area contributed by atoms with Gasteiger partial charge < -0.3 is 29.2 Å². The van der Waals surface area contributed by atoms with E-state index in [2.05, 4.69) is 20.2 Å². The van der Waals surface area contributed by atoms with E-state index in [1.807, 2.05) is 55.4 Å². The predicted molar refractivity (Wildman–Crippen MR) is 182 cm³/mol. The topological polar surface area (TPSA) is 137 Å². The molecule has 48 heavy (non-hydrogen) atoms. The highest BCUT2D eigenvalue weighted by Gasteiger charge is 2.39. The number of aromatic amines is 1. The van der Waals surface area contributed by atoms with E-state index in [0.29, 0.717) is 23.9 Å². The molecule has 0 saturated carbocycles. The van der Waals surface area contributed by atoms with E-state index in [0.717, 1.165) is 76.6 Å². The third-order valence-corrected chi connectivity index (χ3v) is 9.87. The molecule has 0 bridgehead atoms. The lowest BCUT2D eigenvalue weighted by Gasteiger charge is -2.35. The van der Waals surface area contributed by atoms with E-state index in [1.54, 1.807) is 31.5 Å². The first-order chi connectivity index (χ1) is 23.2. The number of nitrogens with one attached hydrogen (secondary N) is 2. The lowest BCUT2D eigenvalue weighted by atomic mass is 9.86. The summed E-state index contributed by atoms with van der Waals surface area (Å²) in [5.74, 6) is 1.50. The molecule has 3 aliphatic rings. The molecule has 2 aromatic heterocycles. The number of nitrogens with zero attached hydrogens (tertiary/aromatic N) is 4. The van der Waals surface area contributed by atoms with Gasteiger partial charge in [-0.15, -0.1) is 0 Å². The fraction of sp³-hybridized carbons (Fsp3) is 0.361. The number of fused-ring (bicyclic) bond motifs is 2. The molecule has 248 valence electrons. The van der Waals surface area contributed by atoms with Gasteiger partial charge in [-0.1, -0.05) is 6.07 Å². The number of ether oxygens (including phenoxy) is 2. The number of carbonyl (C=O) groups excluding carboxylic acids is 3. The number of pyridine rings is 2. The molecule has 2 saturated heterocycles. The quantitative estimate of drug-likeness (QED) is 0.286. The average Bonchev–Trinajstić information content (AvgIpc) is 3.42. The van der Waals surface area contributed by atoms with Crippen LogP contribution in [0.15, 0.2) is 53.6 Å². The summed E-state index contributed by atoms with van der Waals surface area (Å²) < 4.78 is 11.9. The van der Waals surface area contributed by atoms with Crippen LogP contribution in [0.2, 0.25) is 0 Å². The highest BCUT2D eigenvalue weighted by molar-refractivity contribution is 6.05. The maximum Gasteiger partial charge on any atom is 0.257 e. The largest absolute Gasteiger partial charge is 0.496 e. The van der Waals surface area contributed by atoms with Gasteiger partial charge in [0.05, 0.1) is 19.6 Å². The van der Waals surface area contributed by atoms with E-state index in [4.69, 9.17) is 9.47 Å². The second kappa shape index (κ2) is 12.3. The molecule has 4 aromatic rings. The Morgan fingerprint density at radius 1 is 0.896 bits per heavy atom. The lowest BCUT2D eigenvalue weighted by molar-refractivity contribution is -0.136. The van der Waals surface area contributed by atoms with Crippen molar-refractivity contribution >= 4 is 40.0 Å². The van der Waals surface area contributed by atoms with Crippen LogP contribution >= 0.6 is 0 Å². The zero-order valence-electron chi connectivity index (χ0n) is 27.5. The van der Waals surface area contributed by atoms with Gasteiger partial charge in [0.2, 0.25) is 11.8 Å². The van der Waals surface area contributed by atoms with E-state index in [1.165, 1.54) is 0 Å². The van der Waals surface area contributed by atoms with Gasteiger partial charge in [-0.2, -0.15) is 0 Å². The standard InChI is InChI=1S/C36H38N6O6/c1-40(2)31-16-25-26(17-38-34(44)27(25)18-37-31)22-13-29(47-3)33(30(14-22)48-4)20-9-11-41(12-10-20)23-6-5-21-19-42(36(46)24(21)15-23)28-7-8-32(43)39-35(28)45/h5-6,13-18,20,28H,7-12,19H2,1-4H3,(H,38,44)(H,39,43,45). The van der Waals surface area contributed by atoms with Crippen molar-refractivity contribution in [2.75, 3.05) is 51.2 Å². The van der Waals surface area contributed by atoms with Crippen LogP contribution in [0.25, 0.3) is 21.9 Å². The van der Waals surface area contributed by atoms with E-state index >= 15 is 0 Å². The molecule has 3 amide bonds. The number of H-pyrrole nitrogens is 1. The molecule has 1 atom stereocenters. The smallest absolute Gasteiger partial charge is 0.257 e. The lowest BCUT2D eigenvalue weighted by Crippen LogP contribution is -2.52. The maximum atomic E-state index is 13.4. The number of amides is 3. The molecule has 0 aliphatic carbocycles. The Hall–Kier alpha value is -5.39. The Balaban J connectivity index is 1.12. The third-order valence-electron chi connectivity index (χ3n) is 9.87. The number of rotatable bonds is 7. The zero-order chi connectivity index (χ0) is 33.7. The number of carbonyl (C=O) groups is 3. The SMILES string of the molecule is COc1cc(-c2c[nH]c(=O)c3cnc(N(C)C)cc23)cc(OC)c1C1CCN(c2ccc3c(c2)C(=O)N(C2CCC(=O)NC2=O)C3)CC1. The minimum absolute atomic E-state index is 0.171. The number of methoxy groups -OCH3 is 2. The summed E-state index contributed by atoms with van der Waals surface area (Å²) in [6.45, 7) is 1.90. The van der Waals surface area contributed by atoms with E-state index in [-0.39, 0.29) is 29.7 Å². The van der Waals surface area contributed by atoms with Crippen molar-refractivity contribution in [3.05, 3.63) is 75.8 Å². The molecule has 2 aromatic carbocycles. The van der Waals surface area contributed by atoms with Gasteiger partial charge in [0.25, 0.3) is 11.5 Å². The molecule has 2 fully saturated rings. The van der Waals surface area contributed by atoms with Crippen LogP contribution in [-0.4, -0.2) is 80.0 Å². The van der Waals surface area contributed by atoms with Crippen molar-refractivity contribution in [2.45, 2.75) is 44.2 Å². The minimum atomic E-state index is -0.631. The third kappa shape index (κ3) is 5.40. The van der Waals surface area contributed by atoms with Crippen molar-refractivity contribution in [1.29, 1.82) is 0 Å². The molecule has 0 spiro atoms. The summed E-state index contributed by atoms with van der Waals surface area (Å²) in [7, 11) is 7.15. The first kappa shape index (κ1) is 31.2.